The monoisotopic (exact) mass is 327 g/mol. The van der Waals surface area contributed by atoms with Gasteiger partial charge in [-0.2, -0.15) is 0 Å². The molecule has 0 aliphatic carbocycles. The van der Waals surface area contributed by atoms with Gasteiger partial charge in [-0.25, -0.2) is 0 Å². The smallest absolute Gasteiger partial charge is 0.269 e. The fourth-order valence-corrected chi connectivity index (χ4v) is 2.92. The SMILES string of the molecule is CCc1ccc(C(O)(C(C)=O)c2ccc([N+](=O)[O-])cc2)cc1CC. The van der Waals surface area contributed by atoms with Crippen LogP contribution < -0.4 is 0 Å². The molecule has 0 aliphatic heterocycles. The molecule has 0 radical (unpaired) electrons. The molecule has 0 fully saturated rings. The van der Waals surface area contributed by atoms with Crippen molar-refractivity contribution in [2.24, 2.45) is 0 Å². The zero-order chi connectivity index (χ0) is 17.9. The van der Waals surface area contributed by atoms with Gasteiger partial charge in [0.1, 0.15) is 0 Å². The maximum absolute atomic E-state index is 12.3. The summed E-state index contributed by atoms with van der Waals surface area (Å²) in [5.74, 6) is -0.428. The van der Waals surface area contributed by atoms with Gasteiger partial charge in [0.25, 0.3) is 5.69 Å². The van der Waals surface area contributed by atoms with E-state index < -0.39 is 16.3 Å². The topological polar surface area (TPSA) is 80.4 Å². The lowest BCUT2D eigenvalue weighted by Gasteiger charge is -2.27. The Morgan fingerprint density at radius 1 is 1.04 bits per heavy atom. The Morgan fingerprint density at radius 3 is 2.04 bits per heavy atom. The van der Waals surface area contributed by atoms with Crippen molar-refractivity contribution in [3.05, 3.63) is 74.8 Å². The molecule has 2 aromatic carbocycles. The summed E-state index contributed by atoms with van der Waals surface area (Å²) in [5.41, 5.74) is 1.17. The Hall–Kier alpha value is -2.53. The largest absolute Gasteiger partial charge is 0.373 e. The number of aliphatic hydroxyl groups is 1. The molecule has 24 heavy (non-hydrogen) atoms. The molecule has 0 saturated heterocycles. The number of nitrogens with zero attached hydrogens (tertiary/aromatic N) is 1. The number of hydrogen-bond donors (Lipinski definition) is 1. The summed E-state index contributed by atoms with van der Waals surface area (Å²) in [7, 11) is 0. The van der Waals surface area contributed by atoms with Crippen LogP contribution in [0.25, 0.3) is 0 Å². The number of non-ortho nitro benzene ring substituents is 1. The van der Waals surface area contributed by atoms with E-state index in [1.165, 1.54) is 36.8 Å². The highest BCUT2D eigenvalue weighted by atomic mass is 16.6. The Labute approximate surface area is 141 Å². The molecule has 0 bridgehead atoms. The first-order chi connectivity index (χ1) is 11.3. The third kappa shape index (κ3) is 3.08. The van der Waals surface area contributed by atoms with Crippen molar-refractivity contribution in [3.8, 4) is 0 Å². The van der Waals surface area contributed by atoms with E-state index in [1.54, 1.807) is 6.07 Å². The number of nitro groups is 1. The summed E-state index contributed by atoms with van der Waals surface area (Å²) in [5, 5.41) is 21.9. The maximum Gasteiger partial charge on any atom is 0.269 e. The van der Waals surface area contributed by atoms with Crippen LogP contribution in [0.15, 0.2) is 42.5 Å². The number of aryl methyl sites for hydroxylation is 2. The van der Waals surface area contributed by atoms with Gasteiger partial charge >= 0.3 is 0 Å². The molecule has 1 unspecified atom stereocenters. The van der Waals surface area contributed by atoms with Crippen LogP contribution in [0.4, 0.5) is 5.69 Å². The zero-order valence-corrected chi connectivity index (χ0v) is 14.1. The third-order valence-electron chi connectivity index (χ3n) is 4.39. The molecule has 0 aliphatic rings. The number of carbonyl (C=O) groups excluding carboxylic acids is 1. The predicted molar refractivity (Wildman–Crippen MR) is 92.0 cm³/mol. The summed E-state index contributed by atoms with van der Waals surface area (Å²) < 4.78 is 0. The maximum atomic E-state index is 12.3. The lowest BCUT2D eigenvalue weighted by molar-refractivity contribution is -0.384. The second-order valence-electron chi connectivity index (χ2n) is 5.76. The predicted octanol–water partition coefficient (Wildman–Crippen LogP) is 3.54. The Bertz CT molecular complexity index is 767. The van der Waals surface area contributed by atoms with Crippen LogP contribution in [-0.2, 0) is 23.2 Å². The third-order valence-corrected chi connectivity index (χ3v) is 4.39. The van der Waals surface area contributed by atoms with Crippen molar-refractivity contribution in [1.82, 2.24) is 0 Å². The molecular weight excluding hydrogens is 306 g/mol. The highest BCUT2D eigenvalue weighted by Gasteiger charge is 2.37. The molecule has 0 saturated carbocycles. The number of nitro benzene ring substituents is 1. The van der Waals surface area contributed by atoms with Crippen LogP contribution in [0, 0.1) is 10.1 Å². The Balaban J connectivity index is 2.59. The molecule has 2 aromatic rings. The Kier molecular flexibility index (Phi) is 5.14. The van der Waals surface area contributed by atoms with E-state index in [-0.39, 0.29) is 5.69 Å². The Morgan fingerprint density at radius 2 is 1.58 bits per heavy atom. The molecule has 5 nitrogen and oxygen atoms in total. The van der Waals surface area contributed by atoms with Gasteiger partial charge in [0.2, 0.25) is 0 Å². The second kappa shape index (κ2) is 6.93. The number of benzene rings is 2. The number of ketones is 1. The van der Waals surface area contributed by atoms with Gasteiger partial charge in [0.05, 0.1) is 4.92 Å². The van der Waals surface area contributed by atoms with Gasteiger partial charge < -0.3 is 5.11 Å². The summed E-state index contributed by atoms with van der Waals surface area (Å²) in [6, 6.07) is 11.0. The van der Waals surface area contributed by atoms with Gasteiger partial charge in [-0.05, 0) is 54.2 Å². The van der Waals surface area contributed by atoms with Gasteiger partial charge in [0.15, 0.2) is 11.4 Å². The van der Waals surface area contributed by atoms with Crippen LogP contribution in [-0.4, -0.2) is 15.8 Å². The normalized spacial score (nSPS) is 13.3. The van der Waals surface area contributed by atoms with Gasteiger partial charge in [-0.3, -0.25) is 14.9 Å². The minimum atomic E-state index is -1.81. The second-order valence-corrected chi connectivity index (χ2v) is 5.76. The summed E-state index contributed by atoms with van der Waals surface area (Å²) in [6.45, 7) is 5.40. The molecule has 5 heteroatoms. The minimum absolute atomic E-state index is 0.0831. The van der Waals surface area contributed by atoms with Crippen molar-refractivity contribution >= 4 is 11.5 Å². The molecule has 0 aromatic heterocycles. The van der Waals surface area contributed by atoms with Crippen molar-refractivity contribution < 1.29 is 14.8 Å². The number of hydrogen-bond acceptors (Lipinski definition) is 4. The van der Waals surface area contributed by atoms with Gasteiger partial charge in [-0.1, -0.05) is 32.0 Å². The molecule has 0 spiro atoms. The number of rotatable bonds is 6. The van der Waals surface area contributed by atoms with Crippen molar-refractivity contribution in [2.75, 3.05) is 0 Å². The van der Waals surface area contributed by atoms with E-state index in [9.17, 15) is 20.0 Å². The summed E-state index contributed by atoms with van der Waals surface area (Å²) in [6.07, 6.45) is 1.67. The van der Waals surface area contributed by atoms with Gasteiger partial charge in [0, 0.05) is 12.1 Å². The molecule has 2 rings (SSSR count). The van der Waals surface area contributed by atoms with Crippen LogP contribution in [0.1, 0.15) is 43.0 Å². The van der Waals surface area contributed by atoms with Crippen molar-refractivity contribution in [3.63, 3.8) is 0 Å². The fraction of sp³-hybridized carbons (Fsp3) is 0.316. The number of Topliss-reactive ketones (excluding diaryl/α,β-unsaturated/α-hetero) is 1. The summed E-state index contributed by atoms with van der Waals surface area (Å²) >= 11 is 0. The van der Waals surface area contributed by atoms with Crippen LogP contribution in [0.5, 0.6) is 0 Å². The average Bonchev–Trinajstić information content (AvgIpc) is 2.60. The first-order valence-corrected chi connectivity index (χ1v) is 7.95. The van der Waals surface area contributed by atoms with Crippen LogP contribution in [0.2, 0.25) is 0 Å². The number of carbonyl (C=O) groups is 1. The molecular formula is C19H21NO4. The average molecular weight is 327 g/mol. The minimum Gasteiger partial charge on any atom is -0.373 e. The standard InChI is InChI=1S/C19H21NO4/c1-4-14-6-7-17(12-15(14)5-2)19(22,13(3)21)16-8-10-18(11-9-16)20(23)24/h6-12,22H,4-5H2,1-3H3. The zero-order valence-electron chi connectivity index (χ0n) is 14.1. The van der Waals surface area contributed by atoms with Gasteiger partial charge in [-0.15, -0.1) is 0 Å². The first kappa shape index (κ1) is 17.8. The van der Waals surface area contributed by atoms with Crippen LogP contribution in [0.3, 0.4) is 0 Å². The van der Waals surface area contributed by atoms with Crippen LogP contribution >= 0.6 is 0 Å². The fourth-order valence-electron chi connectivity index (χ4n) is 2.92. The van der Waals surface area contributed by atoms with Crippen molar-refractivity contribution in [2.45, 2.75) is 39.2 Å². The first-order valence-electron chi connectivity index (χ1n) is 7.95. The van der Waals surface area contributed by atoms with E-state index in [2.05, 4.69) is 6.92 Å². The summed E-state index contributed by atoms with van der Waals surface area (Å²) in [4.78, 5) is 22.5. The van der Waals surface area contributed by atoms with E-state index >= 15 is 0 Å². The lowest BCUT2D eigenvalue weighted by atomic mass is 9.81. The van der Waals surface area contributed by atoms with Crippen molar-refractivity contribution in [1.29, 1.82) is 0 Å². The molecule has 1 atom stereocenters. The van der Waals surface area contributed by atoms with E-state index in [1.807, 2.05) is 19.1 Å². The van der Waals surface area contributed by atoms with E-state index in [0.29, 0.717) is 11.1 Å². The van der Waals surface area contributed by atoms with E-state index in [4.69, 9.17) is 0 Å². The molecule has 1 N–H and O–H groups in total. The molecule has 0 heterocycles. The highest BCUT2D eigenvalue weighted by Crippen LogP contribution is 2.33. The highest BCUT2D eigenvalue weighted by molar-refractivity contribution is 5.90. The molecule has 0 amide bonds. The quantitative estimate of drug-likeness (QED) is 0.650. The molecule has 126 valence electrons. The van der Waals surface area contributed by atoms with E-state index in [0.717, 1.165) is 18.4 Å². The lowest BCUT2D eigenvalue weighted by Crippen LogP contribution is -2.35.